The van der Waals surface area contributed by atoms with Crippen LogP contribution in [0.4, 0.5) is 0 Å². The molecule has 2 bridgehead atoms. The minimum atomic E-state index is -1.03. The van der Waals surface area contributed by atoms with Gasteiger partial charge in [-0.15, -0.1) is 0 Å². The molecule has 8 atom stereocenters. The second-order valence-electron chi connectivity index (χ2n) is 11.1. The molecule has 0 aromatic rings. The van der Waals surface area contributed by atoms with Crippen molar-refractivity contribution in [3.05, 3.63) is 0 Å². The van der Waals surface area contributed by atoms with E-state index in [0.29, 0.717) is 51.5 Å². The van der Waals surface area contributed by atoms with Crippen LogP contribution in [0.3, 0.4) is 0 Å². The van der Waals surface area contributed by atoms with Gasteiger partial charge in [0.05, 0.1) is 59.1 Å². The van der Waals surface area contributed by atoms with Crippen LogP contribution in [0, 0.1) is 23.7 Å². The number of aliphatic carboxylic acids is 1. The molecule has 1 aliphatic carbocycles. The van der Waals surface area contributed by atoms with Crippen LogP contribution in [0.5, 0.6) is 0 Å². The number of carbonyl (C=O) groups excluding carboxylic acids is 1. The number of esters is 1. The first kappa shape index (κ1) is 30.6. The Balaban J connectivity index is 1.06. The highest BCUT2D eigenvalue weighted by Crippen LogP contribution is 2.60. The molecule has 12 heteroatoms. The summed E-state index contributed by atoms with van der Waals surface area (Å²) in [6, 6.07) is 0. The van der Waals surface area contributed by atoms with Gasteiger partial charge >= 0.3 is 11.9 Å². The second kappa shape index (κ2) is 14.0. The van der Waals surface area contributed by atoms with Gasteiger partial charge in [-0.3, -0.25) is 9.59 Å². The Morgan fingerprint density at radius 3 is 2.21 bits per heavy atom. The Labute approximate surface area is 229 Å². The van der Waals surface area contributed by atoms with Crippen LogP contribution in [0.15, 0.2) is 0 Å². The molecule has 12 nitrogen and oxygen atoms in total. The third-order valence-electron chi connectivity index (χ3n) is 8.38. The van der Waals surface area contributed by atoms with E-state index in [0.717, 1.165) is 25.7 Å². The van der Waals surface area contributed by atoms with Gasteiger partial charge in [0.15, 0.2) is 18.2 Å². The molecular weight excluding hydrogens is 516 g/mol. The summed E-state index contributed by atoms with van der Waals surface area (Å²) in [4.78, 5) is 33.7. The van der Waals surface area contributed by atoms with Crippen molar-refractivity contribution in [3.63, 3.8) is 0 Å². The summed E-state index contributed by atoms with van der Waals surface area (Å²) < 4.78 is 40.2. The molecule has 0 radical (unpaired) electrons. The van der Waals surface area contributed by atoms with Crippen LogP contribution in [0.1, 0.15) is 59.3 Å². The molecule has 0 aromatic carbocycles. The summed E-state index contributed by atoms with van der Waals surface area (Å²) in [7, 11) is 0. The highest BCUT2D eigenvalue weighted by Gasteiger charge is 2.69. The van der Waals surface area contributed by atoms with Crippen LogP contribution < -0.4 is 0 Å². The van der Waals surface area contributed by atoms with E-state index >= 15 is 0 Å². The summed E-state index contributed by atoms with van der Waals surface area (Å²) in [6.07, 6.45) is 2.66. The molecule has 1 saturated carbocycles. The smallest absolute Gasteiger partial charge is 0.306 e. The average Bonchev–Trinajstić information content (AvgIpc) is 3.14. The molecule has 4 heterocycles. The van der Waals surface area contributed by atoms with Crippen LogP contribution in [0.25, 0.3) is 0 Å². The number of rotatable bonds is 16. The minimum absolute atomic E-state index is 0.0827. The highest BCUT2D eigenvalue weighted by molar-refractivity contribution is 5.76. The average molecular weight is 561 g/mol. The van der Waals surface area contributed by atoms with Gasteiger partial charge in [-0.1, -0.05) is 13.8 Å². The van der Waals surface area contributed by atoms with E-state index in [1.54, 1.807) is 0 Å². The van der Waals surface area contributed by atoms with E-state index in [4.69, 9.17) is 48.0 Å². The molecule has 4 saturated heterocycles. The monoisotopic (exact) mass is 560 g/mol. The normalized spacial score (nSPS) is 37.2. The van der Waals surface area contributed by atoms with Gasteiger partial charge in [0.25, 0.3) is 0 Å². The molecule has 0 aromatic heterocycles. The Morgan fingerprint density at radius 1 is 0.846 bits per heavy atom. The Kier molecular flexibility index (Phi) is 11.0. The largest absolute Gasteiger partial charge is 0.481 e. The molecule has 0 unspecified atom stereocenters. The number of carboxylic acid groups (broad SMARTS) is 1. The SMILES string of the molecule is C[C@H]1[C@@H](OCCOCCOCCOCCOC(=O)CCC(=O)O)O[C@@H]2O[C@]3(C)CC[C@H]4[C@H](C)CC[C@@H]1[C@@]24OO3. The third kappa shape index (κ3) is 7.48. The van der Waals surface area contributed by atoms with E-state index in [-0.39, 0.29) is 37.9 Å². The maximum Gasteiger partial charge on any atom is 0.306 e. The molecule has 5 aliphatic rings. The van der Waals surface area contributed by atoms with Crippen LogP contribution in [-0.4, -0.2) is 93.9 Å². The summed E-state index contributed by atoms with van der Waals surface area (Å²) >= 11 is 0. The summed E-state index contributed by atoms with van der Waals surface area (Å²) in [5, 5.41) is 8.52. The lowest BCUT2D eigenvalue weighted by atomic mass is 9.58. The zero-order chi connectivity index (χ0) is 27.9. The number of fused-ring (bicyclic) bond motifs is 2. The van der Waals surface area contributed by atoms with Crippen molar-refractivity contribution < 1.29 is 57.6 Å². The Morgan fingerprint density at radius 2 is 1.51 bits per heavy atom. The molecule has 1 N–H and O–H groups in total. The number of hydrogen-bond acceptors (Lipinski definition) is 11. The van der Waals surface area contributed by atoms with E-state index in [9.17, 15) is 9.59 Å². The van der Waals surface area contributed by atoms with Gasteiger partial charge in [0.2, 0.25) is 5.79 Å². The van der Waals surface area contributed by atoms with Gasteiger partial charge in [-0.25, -0.2) is 9.78 Å². The zero-order valence-electron chi connectivity index (χ0n) is 23.3. The minimum Gasteiger partial charge on any atom is -0.481 e. The Bertz CT molecular complexity index is 810. The van der Waals surface area contributed by atoms with Gasteiger partial charge in [-0.05, 0) is 38.0 Å². The second-order valence-corrected chi connectivity index (χ2v) is 11.1. The van der Waals surface area contributed by atoms with E-state index in [2.05, 4.69) is 13.8 Å². The fourth-order valence-electron chi connectivity index (χ4n) is 6.32. The maximum absolute atomic E-state index is 11.3. The van der Waals surface area contributed by atoms with E-state index in [1.807, 2.05) is 6.92 Å². The first-order chi connectivity index (χ1) is 18.7. The van der Waals surface area contributed by atoms with Crippen molar-refractivity contribution in [2.24, 2.45) is 23.7 Å². The van der Waals surface area contributed by atoms with Crippen LogP contribution >= 0.6 is 0 Å². The molecule has 4 aliphatic heterocycles. The van der Waals surface area contributed by atoms with Gasteiger partial charge in [0.1, 0.15) is 6.61 Å². The molecule has 1 spiro atoms. The van der Waals surface area contributed by atoms with Crippen molar-refractivity contribution >= 4 is 11.9 Å². The van der Waals surface area contributed by atoms with Gasteiger partial charge in [-0.2, -0.15) is 0 Å². The summed E-state index contributed by atoms with van der Waals surface area (Å²) in [5.41, 5.74) is -0.586. The molecule has 5 fully saturated rings. The fourth-order valence-corrected chi connectivity index (χ4v) is 6.32. The highest BCUT2D eigenvalue weighted by atomic mass is 17.3. The van der Waals surface area contributed by atoms with E-state index in [1.165, 1.54) is 0 Å². The third-order valence-corrected chi connectivity index (χ3v) is 8.38. The van der Waals surface area contributed by atoms with Crippen molar-refractivity contribution in [3.8, 4) is 0 Å². The van der Waals surface area contributed by atoms with Crippen molar-refractivity contribution in [2.45, 2.75) is 83.3 Å². The molecule has 39 heavy (non-hydrogen) atoms. The molecular formula is C27H44O12. The topological polar surface area (TPSA) is 137 Å². The summed E-state index contributed by atoms with van der Waals surface area (Å²) in [5.74, 6) is -1.17. The first-order valence-corrected chi connectivity index (χ1v) is 14.2. The lowest BCUT2D eigenvalue weighted by Gasteiger charge is -2.60. The summed E-state index contributed by atoms with van der Waals surface area (Å²) in [6.45, 7) is 9.07. The van der Waals surface area contributed by atoms with Crippen molar-refractivity contribution in [2.75, 3.05) is 52.9 Å². The van der Waals surface area contributed by atoms with Crippen LogP contribution in [0.2, 0.25) is 0 Å². The van der Waals surface area contributed by atoms with Crippen LogP contribution in [-0.2, 0) is 52.5 Å². The number of carbonyl (C=O) groups is 2. The predicted octanol–water partition coefficient (Wildman–Crippen LogP) is 2.67. The lowest BCUT2D eigenvalue weighted by molar-refractivity contribution is -0.577. The predicted molar refractivity (Wildman–Crippen MR) is 133 cm³/mol. The Hall–Kier alpha value is -1.38. The quantitative estimate of drug-likeness (QED) is 0.169. The molecule has 5 rings (SSSR count). The standard InChI is InChI=1S/C27H44O12/c1-18-4-5-21-19(2)24(36-25-27(21)20(18)8-9-26(3,37-25)38-39-27)35-17-15-33-13-11-31-10-12-32-14-16-34-23(30)7-6-22(28)29/h18-21,24-25H,4-17H2,1-3H3,(H,28,29)/t18-,19-,20+,21+,24+,25-,26+,27-/m1/s1. The lowest BCUT2D eigenvalue weighted by Crippen LogP contribution is -2.70. The van der Waals surface area contributed by atoms with E-state index < -0.39 is 35.9 Å². The molecule has 224 valence electrons. The fraction of sp³-hybridized carbons (Fsp3) is 0.926. The van der Waals surface area contributed by atoms with Crippen molar-refractivity contribution in [1.82, 2.24) is 0 Å². The number of carboxylic acids is 1. The first-order valence-electron chi connectivity index (χ1n) is 14.2. The maximum atomic E-state index is 11.3. The van der Waals surface area contributed by atoms with Gasteiger partial charge in [0, 0.05) is 18.3 Å². The van der Waals surface area contributed by atoms with Crippen molar-refractivity contribution in [1.29, 1.82) is 0 Å². The van der Waals surface area contributed by atoms with Gasteiger partial charge < -0.3 is 38.3 Å². The zero-order valence-corrected chi connectivity index (χ0v) is 23.3. The molecule has 0 amide bonds. The number of ether oxygens (including phenoxy) is 7. The number of hydrogen-bond donors (Lipinski definition) is 1.